The van der Waals surface area contributed by atoms with E-state index in [4.69, 9.17) is 5.84 Å². The van der Waals surface area contributed by atoms with E-state index in [9.17, 15) is 0 Å². The molecule has 1 aromatic rings. The Balaban J connectivity index is 2.10. The van der Waals surface area contributed by atoms with E-state index >= 15 is 0 Å². The quantitative estimate of drug-likeness (QED) is 0.525. The molecule has 5 heteroatoms. The monoisotopic (exact) mass is 183 g/mol. The van der Waals surface area contributed by atoms with Gasteiger partial charge in [0, 0.05) is 6.42 Å². The Hall–Kier alpha value is -1.13. The van der Waals surface area contributed by atoms with E-state index in [-0.39, 0.29) is 0 Å². The van der Waals surface area contributed by atoms with Gasteiger partial charge in [0.25, 0.3) is 0 Å². The number of tetrazole rings is 1. The zero-order valence-electron chi connectivity index (χ0n) is 8.11. The van der Waals surface area contributed by atoms with E-state index in [0.29, 0.717) is 0 Å². The molecule has 1 rings (SSSR count). The van der Waals surface area contributed by atoms with E-state index in [1.165, 1.54) is 30.5 Å². The topological polar surface area (TPSA) is 69.6 Å². The van der Waals surface area contributed by atoms with Crippen molar-refractivity contribution in [2.75, 3.05) is 5.84 Å². The minimum absolute atomic E-state index is 0.775. The van der Waals surface area contributed by atoms with Crippen molar-refractivity contribution in [3.05, 3.63) is 5.82 Å². The number of unbranched alkanes of at least 4 members (excludes halogenated alkanes) is 4. The Morgan fingerprint density at radius 3 is 2.62 bits per heavy atom. The van der Waals surface area contributed by atoms with Gasteiger partial charge >= 0.3 is 0 Å². The Morgan fingerprint density at radius 2 is 2.00 bits per heavy atom. The summed E-state index contributed by atoms with van der Waals surface area (Å²) in [4.78, 5) is 1.25. The van der Waals surface area contributed by atoms with E-state index in [0.717, 1.165) is 18.7 Å². The molecule has 2 N–H and O–H groups in total. The van der Waals surface area contributed by atoms with Gasteiger partial charge in [0.1, 0.15) is 0 Å². The SMILES string of the molecule is CCCCCCCc1nnnn1N. The maximum atomic E-state index is 5.46. The summed E-state index contributed by atoms with van der Waals surface area (Å²) in [6.07, 6.45) is 7.12. The summed E-state index contributed by atoms with van der Waals surface area (Å²) in [5, 5.41) is 10.9. The fraction of sp³-hybridized carbons (Fsp3) is 0.875. The van der Waals surface area contributed by atoms with E-state index in [1.807, 2.05) is 0 Å². The number of nitrogens with two attached hydrogens (primary N) is 1. The van der Waals surface area contributed by atoms with Crippen molar-refractivity contribution in [1.82, 2.24) is 20.3 Å². The highest BCUT2D eigenvalue weighted by atomic mass is 15.6. The lowest BCUT2D eigenvalue weighted by atomic mass is 10.1. The van der Waals surface area contributed by atoms with Crippen LogP contribution in [-0.2, 0) is 6.42 Å². The summed E-state index contributed by atoms with van der Waals surface area (Å²) in [5.41, 5.74) is 0. The summed E-state index contributed by atoms with van der Waals surface area (Å²) in [7, 11) is 0. The van der Waals surface area contributed by atoms with Gasteiger partial charge in [-0.05, 0) is 16.8 Å². The molecule has 0 aliphatic heterocycles. The molecular weight excluding hydrogens is 166 g/mol. The minimum atomic E-state index is 0.775. The molecule has 1 heterocycles. The third-order valence-corrected chi connectivity index (χ3v) is 2.06. The molecule has 0 saturated carbocycles. The van der Waals surface area contributed by atoms with E-state index < -0.39 is 0 Å². The lowest BCUT2D eigenvalue weighted by molar-refractivity contribution is 0.611. The summed E-state index contributed by atoms with van der Waals surface area (Å²) in [5.74, 6) is 6.24. The maximum absolute atomic E-state index is 5.46. The van der Waals surface area contributed by atoms with Crippen LogP contribution in [0.1, 0.15) is 44.9 Å². The molecule has 0 aromatic carbocycles. The molecule has 0 aliphatic rings. The molecule has 0 saturated heterocycles. The van der Waals surface area contributed by atoms with Gasteiger partial charge in [-0.25, -0.2) is 0 Å². The standard InChI is InChI=1S/C8H17N5/c1-2-3-4-5-6-7-8-10-11-12-13(8)9/h2-7,9H2,1H3. The summed E-state index contributed by atoms with van der Waals surface area (Å²) in [6, 6.07) is 0. The van der Waals surface area contributed by atoms with E-state index in [2.05, 4.69) is 22.4 Å². The molecule has 5 nitrogen and oxygen atoms in total. The van der Waals surface area contributed by atoms with Crippen molar-refractivity contribution in [1.29, 1.82) is 0 Å². The fourth-order valence-corrected chi connectivity index (χ4v) is 1.26. The van der Waals surface area contributed by atoms with Crippen LogP contribution in [0.25, 0.3) is 0 Å². The normalized spacial score (nSPS) is 10.5. The van der Waals surface area contributed by atoms with Crippen LogP contribution in [0.5, 0.6) is 0 Å². The third kappa shape index (κ3) is 3.40. The van der Waals surface area contributed by atoms with Gasteiger partial charge in [-0.2, -0.15) is 0 Å². The van der Waals surface area contributed by atoms with Gasteiger partial charge in [-0.3, -0.25) is 0 Å². The van der Waals surface area contributed by atoms with E-state index in [1.54, 1.807) is 0 Å². The highest BCUT2D eigenvalue weighted by molar-refractivity contribution is 4.79. The predicted molar refractivity (Wildman–Crippen MR) is 50.4 cm³/mol. The van der Waals surface area contributed by atoms with Crippen LogP contribution in [0.15, 0.2) is 0 Å². The number of hydrogen-bond acceptors (Lipinski definition) is 4. The minimum Gasteiger partial charge on any atom is -0.320 e. The first-order chi connectivity index (χ1) is 6.34. The van der Waals surface area contributed by atoms with Gasteiger partial charge in [0.2, 0.25) is 0 Å². The summed E-state index contributed by atoms with van der Waals surface area (Å²) < 4.78 is 0. The number of nitrogens with zero attached hydrogens (tertiary/aromatic N) is 4. The van der Waals surface area contributed by atoms with Crippen LogP contribution in [0.4, 0.5) is 0 Å². The molecule has 0 bridgehead atoms. The fourth-order valence-electron chi connectivity index (χ4n) is 1.26. The van der Waals surface area contributed by atoms with Crippen LogP contribution >= 0.6 is 0 Å². The Morgan fingerprint density at radius 1 is 1.23 bits per heavy atom. The Labute approximate surface area is 78.3 Å². The van der Waals surface area contributed by atoms with Gasteiger partial charge < -0.3 is 5.84 Å². The first-order valence-electron chi connectivity index (χ1n) is 4.87. The second-order valence-corrected chi connectivity index (χ2v) is 3.20. The van der Waals surface area contributed by atoms with Crippen molar-refractivity contribution in [2.45, 2.75) is 45.4 Å². The van der Waals surface area contributed by atoms with Gasteiger partial charge in [0.05, 0.1) is 0 Å². The summed E-state index contributed by atoms with van der Waals surface area (Å²) >= 11 is 0. The van der Waals surface area contributed by atoms with Gasteiger partial charge in [-0.1, -0.05) is 32.6 Å². The molecule has 74 valence electrons. The number of rotatable bonds is 6. The lowest BCUT2D eigenvalue weighted by Crippen LogP contribution is -2.14. The average Bonchev–Trinajstić information content (AvgIpc) is 2.52. The zero-order valence-corrected chi connectivity index (χ0v) is 8.11. The molecule has 0 aliphatic carbocycles. The van der Waals surface area contributed by atoms with Crippen molar-refractivity contribution in [2.24, 2.45) is 0 Å². The largest absolute Gasteiger partial charge is 0.320 e. The van der Waals surface area contributed by atoms with Crippen LogP contribution < -0.4 is 5.84 Å². The maximum Gasteiger partial charge on any atom is 0.174 e. The lowest BCUT2D eigenvalue weighted by Gasteiger charge is -1.98. The highest BCUT2D eigenvalue weighted by Gasteiger charge is 2.01. The molecule has 13 heavy (non-hydrogen) atoms. The Kier molecular flexibility index (Phi) is 4.21. The first-order valence-corrected chi connectivity index (χ1v) is 4.87. The molecule has 1 aromatic heterocycles. The molecule has 0 radical (unpaired) electrons. The molecule has 0 unspecified atom stereocenters. The number of hydrogen-bond donors (Lipinski definition) is 1. The average molecular weight is 183 g/mol. The predicted octanol–water partition coefficient (Wildman–Crippen LogP) is 0.900. The number of aromatic nitrogens is 4. The Bertz CT molecular complexity index is 232. The molecular formula is C8H17N5. The smallest absolute Gasteiger partial charge is 0.174 e. The molecule has 0 spiro atoms. The second-order valence-electron chi connectivity index (χ2n) is 3.20. The van der Waals surface area contributed by atoms with Crippen molar-refractivity contribution < 1.29 is 0 Å². The number of aryl methyl sites for hydroxylation is 1. The molecule has 0 fully saturated rings. The second kappa shape index (κ2) is 5.50. The number of nitrogen functional groups attached to an aromatic ring is 1. The molecule has 0 atom stereocenters. The zero-order chi connectivity index (χ0) is 9.52. The highest BCUT2D eigenvalue weighted by Crippen LogP contribution is 2.05. The van der Waals surface area contributed by atoms with Crippen LogP contribution in [0.3, 0.4) is 0 Å². The summed E-state index contributed by atoms with van der Waals surface area (Å²) in [6.45, 7) is 2.21. The van der Waals surface area contributed by atoms with Gasteiger partial charge in [0.15, 0.2) is 5.82 Å². The van der Waals surface area contributed by atoms with Crippen molar-refractivity contribution in [3.63, 3.8) is 0 Å². The van der Waals surface area contributed by atoms with Crippen molar-refractivity contribution in [3.8, 4) is 0 Å². The van der Waals surface area contributed by atoms with Crippen LogP contribution in [0.2, 0.25) is 0 Å². The van der Waals surface area contributed by atoms with Crippen LogP contribution in [0, 0.1) is 0 Å². The van der Waals surface area contributed by atoms with Crippen molar-refractivity contribution >= 4 is 0 Å². The van der Waals surface area contributed by atoms with Gasteiger partial charge in [-0.15, -0.1) is 9.89 Å². The van der Waals surface area contributed by atoms with Crippen LogP contribution in [-0.4, -0.2) is 20.3 Å². The first kappa shape index (κ1) is 9.95. The third-order valence-electron chi connectivity index (χ3n) is 2.06. The molecule has 0 amide bonds.